The quantitative estimate of drug-likeness (QED) is 0.132. The second-order valence-electron chi connectivity index (χ2n) is 7.87. The normalized spacial score (nSPS) is 11.2. The van der Waals surface area contributed by atoms with E-state index in [1.54, 1.807) is 18.2 Å². The topological polar surface area (TPSA) is 114 Å². The number of halogens is 1. The first-order valence-corrected chi connectivity index (χ1v) is 11.6. The molecule has 0 bridgehead atoms. The molecular formula is C25H21BrN6O2. The van der Waals surface area contributed by atoms with Crippen LogP contribution in [0.2, 0.25) is 0 Å². The average Bonchev–Trinajstić information content (AvgIpc) is 2.84. The van der Waals surface area contributed by atoms with Crippen molar-refractivity contribution in [3.63, 3.8) is 0 Å². The molecule has 1 amide bonds. The van der Waals surface area contributed by atoms with E-state index in [4.69, 9.17) is 10.7 Å². The lowest BCUT2D eigenvalue weighted by molar-refractivity contribution is -0.116. The molecule has 3 aromatic carbocycles. The SMILES string of the molecule is Nc1ccccc1NC(=O)CCCNc1nn2c(=O)c3cc(Br)ccc3nc2c2ccccc12. The van der Waals surface area contributed by atoms with Crippen LogP contribution in [0.1, 0.15) is 12.8 Å². The third-order valence-corrected chi connectivity index (χ3v) is 6.03. The van der Waals surface area contributed by atoms with E-state index >= 15 is 0 Å². The lowest BCUT2D eigenvalue weighted by Gasteiger charge is -2.12. The molecular weight excluding hydrogens is 496 g/mol. The molecule has 0 spiro atoms. The number of para-hydroxylation sites is 2. The number of nitrogen functional groups attached to an aromatic ring is 1. The Hall–Kier alpha value is -3.98. The van der Waals surface area contributed by atoms with Gasteiger partial charge < -0.3 is 16.4 Å². The number of carbonyl (C=O) groups is 1. The number of aromatic nitrogens is 3. The van der Waals surface area contributed by atoms with Crippen molar-refractivity contribution < 1.29 is 4.79 Å². The van der Waals surface area contributed by atoms with Crippen molar-refractivity contribution in [2.75, 3.05) is 22.9 Å². The van der Waals surface area contributed by atoms with Crippen LogP contribution in [0.5, 0.6) is 0 Å². The van der Waals surface area contributed by atoms with Crippen LogP contribution in [0, 0.1) is 0 Å². The molecule has 4 N–H and O–H groups in total. The summed E-state index contributed by atoms with van der Waals surface area (Å²) in [4.78, 5) is 30.2. The van der Waals surface area contributed by atoms with Crippen LogP contribution in [-0.4, -0.2) is 27.0 Å². The number of nitrogens with zero attached hydrogens (tertiary/aromatic N) is 3. The van der Waals surface area contributed by atoms with Gasteiger partial charge >= 0.3 is 0 Å². The zero-order valence-corrected chi connectivity index (χ0v) is 19.7. The van der Waals surface area contributed by atoms with Gasteiger partial charge in [-0.25, -0.2) is 4.98 Å². The van der Waals surface area contributed by atoms with E-state index in [0.29, 0.717) is 53.1 Å². The number of carbonyl (C=O) groups excluding carboxylic acids is 1. The summed E-state index contributed by atoms with van der Waals surface area (Å²) in [6.07, 6.45) is 0.886. The van der Waals surface area contributed by atoms with Crippen molar-refractivity contribution >= 4 is 66.4 Å². The van der Waals surface area contributed by atoms with E-state index in [2.05, 4.69) is 31.7 Å². The Morgan fingerprint density at radius 3 is 2.59 bits per heavy atom. The van der Waals surface area contributed by atoms with Crippen LogP contribution in [0.3, 0.4) is 0 Å². The Balaban J connectivity index is 1.40. The number of nitrogens with one attached hydrogen (secondary N) is 2. The summed E-state index contributed by atoms with van der Waals surface area (Å²) in [5.74, 6) is 0.447. The maximum atomic E-state index is 13.2. The molecule has 8 nitrogen and oxygen atoms in total. The van der Waals surface area contributed by atoms with Gasteiger partial charge in [-0.15, -0.1) is 5.10 Å². The largest absolute Gasteiger partial charge is 0.397 e. The van der Waals surface area contributed by atoms with Gasteiger partial charge in [-0.1, -0.05) is 52.3 Å². The third kappa shape index (κ3) is 4.17. The first kappa shape index (κ1) is 21.8. The van der Waals surface area contributed by atoms with E-state index in [1.165, 1.54) is 4.52 Å². The van der Waals surface area contributed by atoms with Crippen LogP contribution < -0.4 is 21.9 Å². The predicted molar refractivity (Wildman–Crippen MR) is 139 cm³/mol. The molecule has 5 rings (SSSR count). The van der Waals surface area contributed by atoms with Gasteiger partial charge in [0, 0.05) is 28.2 Å². The van der Waals surface area contributed by atoms with Gasteiger partial charge in [0.05, 0.1) is 22.3 Å². The minimum Gasteiger partial charge on any atom is -0.397 e. The van der Waals surface area contributed by atoms with Gasteiger partial charge in [-0.2, -0.15) is 4.52 Å². The second kappa shape index (κ2) is 9.11. The average molecular weight is 517 g/mol. The highest BCUT2D eigenvalue weighted by Gasteiger charge is 2.14. The van der Waals surface area contributed by atoms with E-state index in [9.17, 15) is 9.59 Å². The van der Waals surface area contributed by atoms with Crippen molar-refractivity contribution in [1.82, 2.24) is 14.6 Å². The predicted octanol–water partition coefficient (Wildman–Crippen LogP) is 4.57. The van der Waals surface area contributed by atoms with Crippen molar-refractivity contribution in [1.29, 1.82) is 0 Å². The van der Waals surface area contributed by atoms with Crippen LogP contribution in [0.25, 0.3) is 27.3 Å². The molecule has 170 valence electrons. The maximum Gasteiger partial charge on any atom is 0.282 e. The zero-order valence-electron chi connectivity index (χ0n) is 18.1. The molecule has 0 unspecified atom stereocenters. The number of fused-ring (bicyclic) bond motifs is 4. The number of anilines is 3. The van der Waals surface area contributed by atoms with Gasteiger partial charge in [0.15, 0.2) is 11.5 Å². The summed E-state index contributed by atoms with van der Waals surface area (Å²) in [5.41, 5.74) is 7.89. The molecule has 0 aliphatic carbocycles. The molecule has 0 aliphatic rings. The van der Waals surface area contributed by atoms with Crippen LogP contribution in [-0.2, 0) is 4.79 Å². The molecule has 0 fully saturated rings. The Morgan fingerprint density at radius 2 is 1.76 bits per heavy atom. The lowest BCUT2D eigenvalue weighted by atomic mass is 10.1. The Morgan fingerprint density at radius 1 is 1.00 bits per heavy atom. The Labute approximate surface area is 202 Å². The third-order valence-electron chi connectivity index (χ3n) is 5.54. The van der Waals surface area contributed by atoms with E-state index in [-0.39, 0.29) is 11.5 Å². The monoisotopic (exact) mass is 516 g/mol. The molecule has 0 aliphatic heterocycles. The number of nitrogens with two attached hydrogens (primary N) is 1. The standard InChI is InChI=1S/C25H21BrN6O2/c26-15-11-12-20-18(14-15)25(34)32-24(30-20)17-7-2-1-6-16(17)23(31-32)28-13-5-10-22(33)29-21-9-4-3-8-19(21)27/h1-4,6-9,11-12,14H,5,10,13,27H2,(H,28,31)(H,29,33). The molecule has 9 heteroatoms. The van der Waals surface area contributed by atoms with E-state index in [1.807, 2.05) is 48.5 Å². The van der Waals surface area contributed by atoms with Crippen molar-refractivity contribution in [2.24, 2.45) is 0 Å². The van der Waals surface area contributed by atoms with Crippen LogP contribution in [0.15, 0.2) is 76.0 Å². The second-order valence-corrected chi connectivity index (χ2v) is 8.79. The summed E-state index contributed by atoms with van der Waals surface area (Å²) in [7, 11) is 0. The number of hydrogen-bond acceptors (Lipinski definition) is 6. The molecule has 2 heterocycles. The highest BCUT2D eigenvalue weighted by molar-refractivity contribution is 9.10. The minimum absolute atomic E-state index is 0.117. The molecule has 0 saturated carbocycles. The number of amides is 1. The summed E-state index contributed by atoms with van der Waals surface area (Å²) in [6.45, 7) is 0.501. The first-order valence-electron chi connectivity index (χ1n) is 10.8. The summed E-state index contributed by atoms with van der Waals surface area (Å²) >= 11 is 3.42. The molecule has 5 aromatic rings. The van der Waals surface area contributed by atoms with Crippen LogP contribution >= 0.6 is 15.9 Å². The number of rotatable bonds is 6. The molecule has 34 heavy (non-hydrogen) atoms. The van der Waals surface area contributed by atoms with Crippen LogP contribution in [0.4, 0.5) is 17.2 Å². The molecule has 0 saturated heterocycles. The Bertz CT molecular complexity index is 1610. The fourth-order valence-corrected chi connectivity index (χ4v) is 4.23. The van der Waals surface area contributed by atoms with Crippen molar-refractivity contribution in [3.8, 4) is 0 Å². The van der Waals surface area contributed by atoms with E-state index < -0.39 is 0 Å². The van der Waals surface area contributed by atoms with Gasteiger partial charge in [-0.05, 0) is 36.8 Å². The van der Waals surface area contributed by atoms with Gasteiger partial charge in [0.2, 0.25) is 5.91 Å². The van der Waals surface area contributed by atoms with Gasteiger partial charge in [0.1, 0.15) is 0 Å². The lowest BCUT2D eigenvalue weighted by Crippen LogP contribution is -2.20. The smallest absolute Gasteiger partial charge is 0.282 e. The maximum absolute atomic E-state index is 13.2. The fraction of sp³-hybridized carbons (Fsp3) is 0.120. The summed E-state index contributed by atoms with van der Waals surface area (Å²) < 4.78 is 2.14. The van der Waals surface area contributed by atoms with Crippen molar-refractivity contribution in [2.45, 2.75) is 12.8 Å². The number of hydrogen-bond donors (Lipinski definition) is 3. The minimum atomic E-state index is -0.241. The summed E-state index contributed by atoms with van der Waals surface area (Å²) in [5, 5.41) is 12.8. The molecule has 2 aromatic heterocycles. The fourth-order valence-electron chi connectivity index (χ4n) is 3.86. The van der Waals surface area contributed by atoms with E-state index in [0.717, 1.165) is 15.2 Å². The zero-order chi connectivity index (χ0) is 23.7. The molecule has 0 radical (unpaired) electrons. The summed E-state index contributed by atoms with van der Waals surface area (Å²) in [6, 6.07) is 20.3. The Kier molecular flexibility index (Phi) is 5.85. The van der Waals surface area contributed by atoms with Gasteiger partial charge in [-0.3, -0.25) is 9.59 Å². The molecule has 0 atom stereocenters. The highest BCUT2D eigenvalue weighted by Crippen LogP contribution is 2.25. The van der Waals surface area contributed by atoms with Crippen molar-refractivity contribution in [3.05, 3.63) is 81.6 Å². The number of benzene rings is 3. The highest BCUT2D eigenvalue weighted by atomic mass is 79.9. The van der Waals surface area contributed by atoms with Gasteiger partial charge in [0.25, 0.3) is 5.56 Å². The first-order chi connectivity index (χ1) is 16.5.